The highest BCUT2D eigenvalue weighted by Gasteiger charge is 2.29. The van der Waals surface area contributed by atoms with Gasteiger partial charge in [-0.25, -0.2) is 0 Å². The molecule has 4 atom stereocenters. The van der Waals surface area contributed by atoms with Gasteiger partial charge >= 0.3 is 12.3 Å². The number of hydrogen-bond acceptors (Lipinski definition) is 8. The average Bonchev–Trinajstić information content (AvgIpc) is 3.25. The van der Waals surface area contributed by atoms with E-state index in [1.54, 1.807) is 0 Å². The van der Waals surface area contributed by atoms with Crippen LogP contribution in [0.5, 0.6) is 11.5 Å². The first-order valence-corrected chi connectivity index (χ1v) is 21.1. The number of rotatable bonds is 12. The van der Waals surface area contributed by atoms with E-state index in [9.17, 15) is 0 Å². The molecule has 4 aromatic carbocycles. The quantitative estimate of drug-likeness (QED) is 0.120. The van der Waals surface area contributed by atoms with Crippen molar-refractivity contribution in [2.45, 2.75) is 106 Å². The lowest BCUT2D eigenvalue weighted by atomic mass is 9.72. The lowest BCUT2D eigenvalue weighted by molar-refractivity contribution is -0.193. The fourth-order valence-electron chi connectivity index (χ4n) is 7.55. The number of ether oxygens (including phenoxy) is 2. The van der Waals surface area contributed by atoms with Crippen molar-refractivity contribution in [2.75, 3.05) is 0 Å². The predicted octanol–water partition coefficient (Wildman–Crippen LogP) is 13.0. The van der Waals surface area contributed by atoms with Crippen molar-refractivity contribution in [2.24, 2.45) is 10.8 Å². The number of nitrogens with zero attached hydrogens (tertiary/aromatic N) is 2. The standard InChI is InChI=1S/2C26H31NO.2CO2/c2*1-6-24(23-9-7-8-18-27-23)28-22-16-14-21(15-17-22)25(26(3,4)5)20-12-10-19(2)11-13-20;2*2-1-3/h2*7-18,24-25H,6H2,1-5H3;;. The topological polar surface area (TPSA) is 113 Å². The van der Waals surface area contributed by atoms with Crippen molar-refractivity contribution in [3.63, 3.8) is 0 Å². The number of aromatic nitrogens is 2. The van der Waals surface area contributed by atoms with Crippen LogP contribution in [0.4, 0.5) is 0 Å². The van der Waals surface area contributed by atoms with Gasteiger partial charge < -0.3 is 9.47 Å². The molecule has 0 aliphatic heterocycles. The summed E-state index contributed by atoms with van der Waals surface area (Å²) in [5, 5.41) is 0. The summed E-state index contributed by atoms with van der Waals surface area (Å²) in [4.78, 5) is 41.4. The van der Waals surface area contributed by atoms with Crippen molar-refractivity contribution in [1.29, 1.82) is 0 Å². The SMILES string of the molecule is CCC(Oc1ccc(C(c2ccc(C)cc2)C(C)(C)C)cc1)c1ccccn1.CCC(Oc1ccc(C(c2ccc(C)cc2)C(C)(C)C)cc1)c1ccccn1.O=C=O.O=C=O. The molecule has 0 radical (unpaired) electrons. The van der Waals surface area contributed by atoms with Gasteiger partial charge in [0.15, 0.2) is 0 Å². The van der Waals surface area contributed by atoms with Crippen LogP contribution in [-0.2, 0) is 19.2 Å². The van der Waals surface area contributed by atoms with E-state index in [1.807, 2.05) is 48.8 Å². The number of carbonyl (C=O) groups excluding carboxylic acids is 4. The van der Waals surface area contributed by atoms with Gasteiger partial charge in [0.1, 0.15) is 23.7 Å². The lowest BCUT2D eigenvalue weighted by Crippen LogP contribution is -2.19. The predicted molar refractivity (Wildman–Crippen MR) is 244 cm³/mol. The van der Waals surface area contributed by atoms with E-state index in [0.29, 0.717) is 11.8 Å². The highest BCUT2D eigenvalue weighted by Crippen LogP contribution is 2.42. The van der Waals surface area contributed by atoms with Crippen LogP contribution in [0.3, 0.4) is 0 Å². The molecule has 0 N–H and O–H groups in total. The maximum absolute atomic E-state index is 8.12. The number of benzene rings is 4. The Bertz CT molecular complexity index is 2070. The number of hydrogen-bond donors (Lipinski definition) is 0. The van der Waals surface area contributed by atoms with E-state index in [1.165, 1.54) is 33.4 Å². The van der Waals surface area contributed by atoms with E-state index in [2.05, 4.69) is 176 Å². The fourth-order valence-corrected chi connectivity index (χ4v) is 7.55. The van der Waals surface area contributed by atoms with Crippen molar-refractivity contribution in [3.05, 3.63) is 191 Å². The number of aryl methyl sites for hydroxylation is 2. The maximum atomic E-state index is 8.12. The molecule has 2 heterocycles. The Labute approximate surface area is 368 Å². The normalized spacial score (nSPS) is 12.7. The van der Waals surface area contributed by atoms with Gasteiger partial charge in [-0.15, -0.1) is 0 Å². The zero-order chi connectivity index (χ0) is 45.7. The second-order valence-electron chi connectivity index (χ2n) is 17.3. The largest absolute Gasteiger partial charge is 0.484 e. The Kier molecular flexibility index (Phi) is 19.9. The molecule has 0 bridgehead atoms. The molecule has 62 heavy (non-hydrogen) atoms. The Morgan fingerprint density at radius 3 is 0.952 bits per heavy atom. The zero-order valence-corrected chi connectivity index (χ0v) is 37.9. The van der Waals surface area contributed by atoms with Crippen LogP contribution in [0, 0.1) is 24.7 Å². The monoisotopic (exact) mass is 834 g/mol. The molecule has 0 saturated heterocycles. The molecule has 2 aromatic heterocycles. The van der Waals surface area contributed by atoms with E-state index >= 15 is 0 Å². The van der Waals surface area contributed by atoms with Gasteiger partial charge in [-0.05, 0) is 108 Å². The second-order valence-corrected chi connectivity index (χ2v) is 17.3. The molecule has 0 aliphatic carbocycles. The molecule has 324 valence electrons. The summed E-state index contributed by atoms with van der Waals surface area (Å²) in [6.45, 7) is 22.3. The van der Waals surface area contributed by atoms with Crippen molar-refractivity contribution >= 4 is 12.3 Å². The summed E-state index contributed by atoms with van der Waals surface area (Å²) in [6, 6.07) is 46.9. The van der Waals surface area contributed by atoms with E-state index in [-0.39, 0.29) is 35.3 Å². The molecule has 4 unspecified atom stereocenters. The highest BCUT2D eigenvalue weighted by atomic mass is 16.5. The molecule has 0 amide bonds. The van der Waals surface area contributed by atoms with Crippen LogP contribution in [0.25, 0.3) is 0 Å². The van der Waals surface area contributed by atoms with Crippen molar-refractivity contribution in [1.82, 2.24) is 9.97 Å². The molecule has 8 heteroatoms. The fraction of sp³-hybridized carbons (Fsp3) is 0.333. The van der Waals surface area contributed by atoms with Crippen molar-refractivity contribution < 1.29 is 28.7 Å². The molecule has 0 aliphatic rings. The van der Waals surface area contributed by atoms with Gasteiger partial charge in [-0.2, -0.15) is 19.2 Å². The maximum Gasteiger partial charge on any atom is 0.373 e. The summed E-state index contributed by atoms with van der Waals surface area (Å²) in [5.41, 5.74) is 10.1. The molecule has 6 rings (SSSR count). The zero-order valence-electron chi connectivity index (χ0n) is 37.9. The minimum Gasteiger partial charge on any atom is -0.484 e. The molecular weight excluding hydrogens is 773 g/mol. The van der Waals surface area contributed by atoms with E-state index in [0.717, 1.165) is 35.7 Å². The van der Waals surface area contributed by atoms with Gasteiger partial charge in [-0.3, -0.25) is 9.97 Å². The van der Waals surface area contributed by atoms with Crippen LogP contribution in [-0.4, -0.2) is 22.3 Å². The van der Waals surface area contributed by atoms with Gasteiger partial charge in [0.25, 0.3) is 0 Å². The van der Waals surface area contributed by atoms with Crippen LogP contribution in [0.15, 0.2) is 146 Å². The van der Waals surface area contributed by atoms with Crippen LogP contribution < -0.4 is 9.47 Å². The molecule has 0 spiro atoms. The summed E-state index contributed by atoms with van der Waals surface area (Å²) >= 11 is 0. The minimum absolute atomic E-state index is 0.0254. The van der Waals surface area contributed by atoms with Gasteiger partial charge in [-0.1, -0.05) is 151 Å². The Morgan fingerprint density at radius 1 is 0.452 bits per heavy atom. The summed E-state index contributed by atoms with van der Waals surface area (Å²) in [6.07, 6.45) is 5.85. The minimum atomic E-state index is -0.0254. The van der Waals surface area contributed by atoms with Gasteiger partial charge in [0.2, 0.25) is 0 Å². The molecule has 8 nitrogen and oxygen atoms in total. The summed E-state index contributed by atoms with van der Waals surface area (Å²) in [7, 11) is 0. The molecular formula is C54H62N2O6. The average molecular weight is 835 g/mol. The third-order valence-corrected chi connectivity index (χ3v) is 10.3. The van der Waals surface area contributed by atoms with Gasteiger partial charge in [0, 0.05) is 24.2 Å². The first-order chi connectivity index (χ1) is 29.6. The highest BCUT2D eigenvalue weighted by molar-refractivity contribution is 5.40. The molecule has 0 saturated carbocycles. The first kappa shape index (κ1) is 49.9. The smallest absolute Gasteiger partial charge is 0.373 e. The lowest BCUT2D eigenvalue weighted by Gasteiger charge is -2.32. The summed E-state index contributed by atoms with van der Waals surface area (Å²) < 4.78 is 12.5. The molecule has 0 fully saturated rings. The van der Waals surface area contributed by atoms with Crippen LogP contribution >= 0.6 is 0 Å². The first-order valence-electron chi connectivity index (χ1n) is 21.1. The number of pyridine rings is 2. The van der Waals surface area contributed by atoms with Crippen LogP contribution in [0.2, 0.25) is 0 Å². The van der Waals surface area contributed by atoms with Crippen LogP contribution in [0.1, 0.15) is 137 Å². The Hall–Kier alpha value is -6.46. The third-order valence-electron chi connectivity index (χ3n) is 10.3. The molecule has 6 aromatic rings. The summed E-state index contributed by atoms with van der Waals surface area (Å²) in [5.74, 6) is 2.44. The Balaban J connectivity index is 0.000000293. The van der Waals surface area contributed by atoms with E-state index < -0.39 is 0 Å². The Morgan fingerprint density at radius 2 is 0.726 bits per heavy atom. The third kappa shape index (κ3) is 15.5. The van der Waals surface area contributed by atoms with E-state index in [4.69, 9.17) is 28.7 Å². The van der Waals surface area contributed by atoms with Gasteiger partial charge in [0.05, 0.1) is 11.4 Å². The second kappa shape index (κ2) is 24.7. The van der Waals surface area contributed by atoms with Crippen molar-refractivity contribution in [3.8, 4) is 11.5 Å².